The second-order valence-electron chi connectivity index (χ2n) is 3.97. The third kappa shape index (κ3) is 12.0. The third-order valence-corrected chi connectivity index (χ3v) is 3.70. The van der Waals surface area contributed by atoms with Gasteiger partial charge in [-0.15, -0.1) is 0 Å². The number of ether oxygens (including phenoxy) is 1. The molecule has 0 fully saturated rings. The molecular formula is C10H18F3NO4S. The van der Waals surface area contributed by atoms with E-state index in [1.807, 2.05) is 0 Å². The lowest BCUT2D eigenvalue weighted by Crippen LogP contribution is -2.27. The van der Waals surface area contributed by atoms with Gasteiger partial charge in [0.1, 0.15) is 0 Å². The second-order valence-corrected chi connectivity index (χ2v) is 5.89. The topological polar surface area (TPSA) is 72.5 Å². The number of halogens is 3. The predicted octanol–water partition coefficient (Wildman–Crippen LogP) is 1.59. The summed E-state index contributed by atoms with van der Waals surface area (Å²) < 4.78 is 64.7. The summed E-state index contributed by atoms with van der Waals surface area (Å²) in [5.41, 5.74) is 0. The number of unbranched alkanes of at least 4 members (excludes halogenated alkanes) is 1. The van der Waals surface area contributed by atoms with Crippen molar-refractivity contribution in [1.82, 2.24) is 4.72 Å². The van der Waals surface area contributed by atoms with Gasteiger partial charge in [-0.3, -0.25) is 4.79 Å². The molecule has 0 bridgehead atoms. The van der Waals surface area contributed by atoms with Crippen molar-refractivity contribution < 1.29 is 31.1 Å². The SMILES string of the molecule is COC(=O)CCCS(=O)(=O)NCCCCC(F)(F)F. The van der Waals surface area contributed by atoms with Crippen LogP contribution in [0.2, 0.25) is 0 Å². The van der Waals surface area contributed by atoms with Gasteiger partial charge in [0.15, 0.2) is 0 Å². The average Bonchev–Trinajstić information content (AvgIpc) is 2.26. The Balaban J connectivity index is 3.71. The van der Waals surface area contributed by atoms with E-state index in [1.54, 1.807) is 0 Å². The maximum atomic E-state index is 11.8. The van der Waals surface area contributed by atoms with Gasteiger partial charge in [0.05, 0.1) is 12.9 Å². The first-order valence-corrected chi connectivity index (χ1v) is 7.42. The molecule has 0 spiro atoms. The number of carbonyl (C=O) groups is 1. The zero-order valence-electron chi connectivity index (χ0n) is 10.6. The third-order valence-electron chi connectivity index (χ3n) is 2.23. The first-order valence-electron chi connectivity index (χ1n) is 5.77. The van der Waals surface area contributed by atoms with Crippen molar-refractivity contribution in [3.05, 3.63) is 0 Å². The molecule has 0 aromatic carbocycles. The molecule has 1 N–H and O–H groups in total. The summed E-state index contributed by atoms with van der Waals surface area (Å²) in [5, 5.41) is 0. The largest absolute Gasteiger partial charge is 0.469 e. The van der Waals surface area contributed by atoms with Gasteiger partial charge in [-0.25, -0.2) is 13.1 Å². The summed E-state index contributed by atoms with van der Waals surface area (Å²) in [5.74, 6) is -0.748. The highest BCUT2D eigenvalue weighted by atomic mass is 32.2. The van der Waals surface area contributed by atoms with Gasteiger partial charge in [0.2, 0.25) is 10.0 Å². The van der Waals surface area contributed by atoms with Crippen LogP contribution in [0.4, 0.5) is 13.2 Å². The molecule has 0 aliphatic heterocycles. The molecule has 9 heteroatoms. The molecule has 0 aromatic rings. The fraction of sp³-hybridized carbons (Fsp3) is 0.900. The maximum Gasteiger partial charge on any atom is 0.389 e. The number of sulfonamides is 1. The Morgan fingerprint density at radius 1 is 1.21 bits per heavy atom. The molecule has 0 atom stereocenters. The number of rotatable bonds is 9. The summed E-state index contributed by atoms with van der Waals surface area (Å²) in [4.78, 5) is 10.7. The van der Waals surface area contributed by atoms with Crippen LogP contribution in [0.3, 0.4) is 0 Å². The predicted molar refractivity (Wildman–Crippen MR) is 62.9 cm³/mol. The Morgan fingerprint density at radius 3 is 2.37 bits per heavy atom. The highest BCUT2D eigenvalue weighted by Gasteiger charge is 2.25. The first-order chi connectivity index (χ1) is 8.66. The van der Waals surface area contributed by atoms with Crippen LogP contribution in [-0.4, -0.2) is 40.0 Å². The van der Waals surface area contributed by atoms with Crippen LogP contribution in [0.15, 0.2) is 0 Å². The van der Waals surface area contributed by atoms with Gasteiger partial charge in [0.25, 0.3) is 0 Å². The van der Waals surface area contributed by atoms with Crippen LogP contribution in [0.25, 0.3) is 0 Å². The van der Waals surface area contributed by atoms with E-state index in [9.17, 15) is 26.4 Å². The number of carbonyl (C=O) groups excluding carboxylic acids is 1. The molecule has 0 rings (SSSR count). The molecule has 0 unspecified atom stereocenters. The molecule has 0 saturated heterocycles. The Labute approximate surface area is 110 Å². The minimum absolute atomic E-state index is 0.00845. The minimum atomic E-state index is -4.21. The lowest BCUT2D eigenvalue weighted by molar-refractivity contribution is -0.140. The lowest BCUT2D eigenvalue weighted by atomic mass is 10.2. The highest BCUT2D eigenvalue weighted by Crippen LogP contribution is 2.21. The summed E-state index contributed by atoms with van der Waals surface area (Å²) in [6.45, 7) is -0.0311. The van der Waals surface area contributed by atoms with Crippen molar-refractivity contribution in [2.75, 3.05) is 19.4 Å². The number of alkyl halides is 3. The lowest BCUT2D eigenvalue weighted by Gasteiger charge is -2.07. The van der Waals surface area contributed by atoms with E-state index in [1.165, 1.54) is 7.11 Å². The molecule has 5 nitrogen and oxygen atoms in total. The minimum Gasteiger partial charge on any atom is -0.469 e. The normalized spacial score (nSPS) is 12.4. The van der Waals surface area contributed by atoms with E-state index >= 15 is 0 Å². The number of hydrogen-bond donors (Lipinski definition) is 1. The van der Waals surface area contributed by atoms with Crippen LogP contribution in [-0.2, 0) is 19.6 Å². The molecule has 0 heterocycles. The van der Waals surface area contributed by atoms with Crippen LogP contribution in [0.1, 0.15) is 32.1 Å². The van der Waals surface area contributed by atoms with Crippen molar-refractivity contribution >= 4 is 16.0 Å². The maximum absolute atomic E-state index is 11.8. The Morgan fingerprint density at radius 2 is 1.84 bits per heavy atom. The van der Waals surface area contributed by atoms with E-state index in [4.69, 9.17) is 0 Å². The number of nitrogens with one attached hydrogen (secondary N) is 1. The zero-order chi connectivity index (χ0) is 14.9. The molecule has 0 aromatic heterocycles. The van der Waals surface area contributed by atoms with Crippen molar-refractivity contribution in [1.29, 1.82) is 0 Å². The highest BCUT2D eigenvalue weighted by molar-refractivity contribution is 7.89. The molecule has 114 valence electrons. The van der Waals surface area contributed by atoms with E-state index < -0.39 is 28.6 Å². The van der Waals surface area contributed by atoms with Crippen LogP contribution in [0, 0.1) is 0 Å². The van der Waals surface area contributed by atoms with Crippen LogP contribution < -0.4 is 4.72 Å². The molecule has 0 radical (unpaired) electrons. The Hall–Kier alpha value is -0.830. The monoisotopic (exact) mass is 305 g/mol. The summed E-state index contributed by atoms with van der Waals surface area (Å²) in [6.07, 6.45) is -5.02. The van der Waals surface area contributed by atoms with E-state index in [2.05, 4.69) is 9.46 Å². The number of hydrogen-bond acceptors (Lipinski definition) is 4. The van der Waals surface area contributed by atoms with Crippen molar-refractivity contribution in [2.24, 2.45) is 0 Å². The van der Waals surface area contributed by atoms with Crippen molar-refractivity contribution in [2.45, 2.75) is 38.3 Å². The second kappa shape index (κ2) is 8.36. The molecule has 0 aliphatic rings. The van der Waals surface area contributed by atoms with Gasteiger partial charge < -0.3 is 4.74 Å². The van der Waals surface area contributed by atoms with Gasteiger partial charge in [0, 0.05) is 19.4 Å². The van der Waals surface area contributed by atoms with Gasteiger partial charge in [-0.05, 0) is 19.3 Å². The van der Waals surface area contributed by atoms with E-state index in [0.29, 0.717) is 0 Å². The van der Waals surface area contributed by atoms with Gasteiger partial charge in [-0.1, -0.05) is 0 Å². The van der Waals surface area contributed by atoms with Crippen molar-refractivity contribution in [3.63, 3.8) is 0 Å². The van der Waals surface area contributed by atoms with E-state index in [0.717, 1.165) is 0 Å². The molecule has 0 aliphatic carbocycles. The molecule has 0 amide bonds. The first kappa shape index (κ1) is 18.2. The standard InChI is InChI=1S/C10H18F3NO4S/c1-18-9(15)5-4-8-19(16,17)14-7-3-2-6-10(11,12)13/h14H,2-8H2,1H3. The number of methoxy groups -OCH3 is 1. The summed E-state index contributed by atoms with van der Waals surface area (Å²) in [7, 11) is -2.34. The average molecular weight is 305 g/mol. The molecule has 19 heavy (non-hydrogen) atoms. The molecular weight excluding hydrogens is 287 g/mol. The van der Waals surface area contributed by atoms with Gasteiger partial charge >= 0.3 is 12.1 Å². The summed E-state index contributed by atoms with van der Waals surface area (Å²) >= 11 is 0. The quantitative estimate of drug-likeness (QED) is 0.519. The van der Waals surface area contributed by atoms with Gasteiger partial charge in [-0.2, -0.15) is 13.2 Å². The Kier molecular flexibility index (Phi) is 8.00. The van der Waals surface area contributed by atoms with Crippen molar-refractivity contribution in [3.8, 4) is 0 Å². The fourth-order valence-corrected chi connectivity index (χ4v) is 2.38. The van der Waals surface area contributed by atoms with Crippen LogP contribution >= 0.6 is 0 Å². The number of esters is 1. The molecule has 0 saturated carbocycles. The fourth-order valence-electron chi connectivity index (χ4n) is 1.26. The smallest absolute Gasteiger partial charge is 0.389 e. The Bertz CT molecular complexity index is 367. The van der Waals surface area contributed by atoms with Crippen LogP contribution in [0.5, 0.6) is 0 Å². The van der Waals surface area contributed by atoms with E-state index in [-0.39, 0.29) is 38.0 Å². The zero-order valence-corrected chi connectivity index (χ0v) is 11.4. The summed E-state index contributed by atoms with van der Waals surface area (Å²) in [6, 6.07) is 0.